The van der Waals surface area contributed by atoms with Gasteiger partial charge in [0, 0.05) is 19.3 Å². The molecule has 2 aromatic rings. The average molecular weight is 263 g/mol. The molecule has 2 heterocycles. The van der Waals surface area contributed by atoms with Gasteiger partial charge in [-0.05, 0) is 12.5 Å². The molecule has 0 aliphatic rings. The van der Waals surface area contributed by atoms with Crippen LogP contribution in [0.4, 0.5) is 0 Å². The molecule has 18 heavy (non-hydrogen) atoms. The molecular formula is C11H9N3O3S. The molecule has 0 atom stereocenters. The Morgan fingerprint density at radius 2 is 1.89 bits per heavy atom. The Labute approximate surface area is 106 Å². The third kappa shape index (κ3) is 2.25. The summed E-state index contributed by atoms with van der Waals surface area (Å²) < 4.78 is 0. The predicted molar refractivity (Wildman–Crippen MR) is 64.8 cm³/mol. The SMILES string of the molecule is CC(=O)c1sc(-c2ncc(C)cn2)nc1C(=O)O. The Morgan fingerprint density at radius 3 is 2.33 bits per heavy atom. The van der Waals surface area contributed by atoms with Crippen LogP contribution in [0.1, 0.15) is 32.6 Å². The lowest BCUT2D eigenvalue weighted by atomic mass is 10.3. The molecule has 6 nitrogen and oxygen atoms in total. The molecule has 1 N–H and O–H groups in total. The van der Waals surface area contributed by atoms with E-state index in [0.29, 0.717) is 10.8 Å². The smallest absolute Gasteiger partial charge is 0.356 e. The first-order valence-electron chi connectivity index (χ1n) is 5.03. The normalized spacial score (nSPS) is 10.3. The minimum Gasteiger partial charge on any atom is -0.476 e. The maximum absolute atomic E-state index is 11.3. The number of Topliss-reactive ketones (excluding diaryl/α,β-unsaturated/α-hetero) is 1. The number of nitrogens with zero attached hydrogens (tertiary/aromatic N) is 3. The molecule has 0 bridgehead atoms. The molecule has 0 fully saturated rings. The summed E-state index contributed by atoms with van der Waals surface area (Å²) in [7, 11) is 0. The number of ketones is 1. The molecule has 92 valence electrons. The molecule has 0 aliphatic carbocycles. The topological polar surface area (TPSA) is 93.0 Å². The number of carboxylic acid groups (broad SMARTS) is 1. The Balaban J connectivity index is 2.53. The van der Waals surface area contributed by atoms with Crippen LogP contribution in [-0.2, 0) is 0 Å². The lowest BCUT2D eigenvalue weighted by Crippen LogP contribution is -2.03. The van der Waals surface area contributed by atoms with E-state index in [1.807, 2.05) is 6.92 Å². The number of aromatic nitrogens is 3. The average Bonchev–Trinajstić information content (AvgIpc) is 2.75. The van der Waals surface area contributed by atoms with Crippen molar-refractivity contribution in [2.24, 2.45) is 0 Å². The van der Waals surface area contributed by atoms with Gasteiger partial charge in [0.05, 0.1) is 0 Å². The van der Waals surface area contributed by atoms with Crippen LogP contribution in [0.5, 0.6) is 0 Å². The van der Waals surface area contributed by atoms with Gasteiger partial charge in [0.15, 0.2) is 22.3 Å². The molecule has 0 unspecified atom stereocenters. The fourth-order valence-electron chi connectivity index (χ4n) is 1.30. The van der Waals surface area contributed by atoms with Gasteiger partial charge in [0.1, 0.15) is 4.88 Å². The first kappa shape index (κ1) is 12.3. The number of aromatic carboxylic acids is 1. The van der Waals surface area contributed by atoms with E-state index in [9.17, 15) is 9.59 Å². The van der Waals surface area contributed by atoms with Crippen molar-refractivity contribution in [1.82, 2.24) is 15.0 Å². The van der Waals surface area contributed by atoms with Gasteiger partial charge in [-0.1, -0.05) is 0 Å². The molecule has 2 aromatic heterocycles. The van der Waals surface area contributed by atoms with Crippen LogP contribution in [0.15, 0.2) is 12.4 Å². The van der Waals surface area contributed by atoms with Crippen LogP contribution in [0.2, 0.25) is 0 Å². The monoisotopic (exact) mass is 263 g/mol. The van der Waals surface area contributed by atoms with Gasteiger partial charge in [0.2, 0.25) is 0 Å². The lowest BCUT2D eigenvalue weighted by Gasteiger charge is -1.93. The largest absolute Gasteiger partial charge is 0.476 e. The Kier molecular flexibility index (Phi) is 3.15. The number of carbonyl (C=O) groups is 2. The van der Waals surface area contributed by atoms with Gasteiger partial charge in [-0.3, -0.25) is 4.79 Å². The molecule has 2 rings (SSSR count). The van der Waals surface area contributed by atoms with E-state index in [-0.39, 0.29) is 16.4 Å². The quantitative estimate of drug-likeness (QED) is 0.849. The summed E-state index contributed by atoms with van der Waals surface area (Å²) in [6.07, 6.45) is 3.22. The van der Waals surface area contributed by atoms with Gasteiger partial charge >= 0.3 is 5.97 Å². The van der Waals surface area contributed by atoms with Crippen molar-refractivity contribution in [3.05, 3.63) is 28.5 Å². The third-order valence-electron chi connectivity index (χ3n) is 2.12. The van der Waals surface area contributed by atoms with Crippen molar-refractivity contribution in [3.8, 4) is 10.8 Å². The van der Waals surface area contributed by atoms with E-state index in [4.69, 9.17) is 5.11 Å². The highest BCUT2D eigenvalue weighted by Gasteiger charge is 2.22. The number of aryl methyl sites for hydroxylation is 1. The summed E-state index contributed by atoms with van der Waals surface area (Å²) in [5, 5.41) is 9.30. The highest BCUT2D eigenvalue weighted by molar-refractivity contribution is 7.17. The third-order valence-corrected chi connectivity index (χ3v) is 3.27. The first-order valence-corrected chi connectivity index (χ1v) is 5.84. The van der Waals surface area contributed by atoms with E-state index in [1.54, 1.807) is 12.4 Å². The maximum atomic E-state index is 11.3. The Bertz CT molecular complexity index is 587. The van der Waals surface area contributed by atoms with Gasteiger partial charge in [-0.25, -0.2) is 19.7 Å². The van der Waals surface area contributed by atoms with Gasteiger partial charge < -0.3 is 5.11 Å². The highest BCUT2D eigenvalue weighted by atomic mass is 32.1. The zero-order chi connectivity index (χ0) is 13.3. The summed E-state index contributed by atoms with van der Waals surface area (Å²) in [6, 6.07) is 0. The standard InChI is InChI=1S/C11H9N3O3S/c1-5-3-12-9(13-4-5)10-14-7(11(16)17)8(18-10)6(2)15/h3-4H,1-2H3,(H,16,17). The zero-order valence-corrected chi connectivity index (χ0v) is 10.5. The van der Waals surface area contributed by atoms with Crippen LogP contribution >= 0.6 is 11.3 Å². The molecule has 0 aromatic carbocycles. The second kappa shape index (κ2) is 4.61. The van der Waals surface area contributed by atoms with Crippen LogP contribution in [0.25, 0.3) is 10.8 Å². The molecule has 0 saturated carbocycles. The molecule has 0 saturated heterocycles. The molecule has 0 radical (unpaired) electrons. The number of carboxylic acids is 1. The van der Waals surface area contributed by atoms with Crippen molar-refractivity contribution in [2.75, 3.05) is 0 Å². The first-order chi connectivity index (χ1) is 8.49. The minimum atomic E-state index is -1.23. The summed E-state index contributed by atoms with van der Waals surface area (Å²) in [6.45, 7) is 3.15. The van der Waals surface area contributed by atoms with Gasteiger partial charge in [-0.15, -0.1) is 11.3 Å². The van der Waals surface area contributed by atoms with Gasteiger partial charge in [-0.2, -0.15) is 0 Å². The van der Waals surface area contributed by atoms with E-state index in [2.05, 4.69) is 15.0 Å². The van der Waals surface area contributed by atoms with E-state index in [0.717, 1.165) is 16.9 Å². The molecule has 0 amide bonds. The number of thiazole rings is 1. The summed E-state index contributed by atoms with van der Waals surface area (Å²) in [4.78, 5) is 34.4. The summed E-state index contributed by atoms with van der Waals surface area (Å²) in [5.41, 5.74) is 0.646. The van der Waals surface area contributed by atoms with Crippen LogP contribution < -0.4 is 0 Å². The maximum Gasteiger partial charge on any atom is 0.356 e. The fourth-order valence-corrected chi connectivity index (χ4v) is 2.20. The molecule has 0 aliphatic heterocycles. The van der Waals surface area contributed by atoms with Crippen LogP contribution in [-0.4, -0.2) is 31.8 Å². The number of hydrogen-bond donors (Lipinski definition) is 1. The highest BCUT2D eigenvalue weighted by Crippen LogP contribution is 2.26. The van der Waals surface area contributed by atoms with E-state index < -0.39 is 5.97 Å². The van der Waals surface area contributed by atoms with Crippen molar-refractivity contribution >= 4 is 23.1 Å². The minimum absolute atomic E-state index is 0.113. The Morgan fingerprint density at radius 1 is 1.28 bits per heavy atom. The molecular weight excluding hydrogens is 254 g/mol. The number of hydrogen-bond acceptors (Lipinski definition) is 6. The summed E-state index contributed by atoms with van der Waals surface area (Å²) in [5.74, 6) is -1.24. The predicted octanol–water partition coefficient (Wildman–Crippen LogP) is 1.81. The number of carbonyl (C=O) groups excluding carboxylic acids is 1. The van der Waals surface area contributed by atoms with Crippen LogP contribution in [0.3, 0.4) is 0 Å². The second-order valence-electron chi connectivity index (χ2n) is 3.64. The molecule has 0 spiro atoms. The summed E-state index contributed by atoms with van der Waals surface area (Å²) >= 11 is 0.988. The van der Waals surface area contributed by atoms with Crippen molar-refractivity contribution in [2.45, 2.75) is 13.8 Å². The van der Waals surface area contributed by atoms with Gasteiger partial charge in [0.25, 0.3) is 0 Å². The Hall–Kier alpha value is -2.15. The van der Waals surface area contributed by atoms with Crippen molar-refractivity contribution in [1.29, 1.82) is 0 Å². The van der Waals surface area contributed by atoms with Crippen LogP contribution in [0, 0.1) is 6.92 Å². The zero-order valence-electron chi connectivity index (χ0n) is 9.67. The van der Waals surface area contributed by atoms with Crippen molar-refractivity contribution in [3.63, 3.8) is 0 Å². The number of rotatable bonds is 3. The van der Waals surface area contributed by atoms with Crippen molar-refractivity contribution < 1.29 is 14.7 Å². The fraction of sp³-hybridized carbons (Fsp3) is 0.182. The lowest BCUT2D eigenvalue weighted by molar-refractivity contribution is 0.0687. The second-order valence-corrected chi connectivity index (χ2v) is 4.64. The molecule has 7 heteroatoms. The van der Waals surface area contributed by atoms with E-state index in [1.165, 1.54) is 6.92 Å². The van der Waals surface area contributed by atoms with E-state index >= 15 is 0 Å².